The van der Waals surface area contributed by atoms with Crippen LogP contribution in [0.2, 0.25) is 0 Å². The van der Waals surface area contributed by atoms with Crippen molar-refractivity contribution in [3.8, 4) is 0 Å². The summed E-state index contributed by atoms with van der Waals surface area (Å²) in [6.07, 6.45) is 10.0. The van der Waals surface area contributed by atoms with Crippen molar-refractivity contribution in [2.75, 3.05) is 0 Å². The van der Waals surface area contributed by atoms with Crippen molar-refractivity contribution in [1.29, 1.82) is 0 Å². The van der Waals surface area contributed by atoms with E-state index in [9.17, 15) is 8.78 Å². The van der Waals surface area contributed by atoms with Crippen LogP contribution >= 0.6 is 0 Å². The molecule has 0 spiro atoms. The number of hydrogen-bond donors (Lipinski definition) is 0. The van der Waals surface area contributed by atoms with Crippen LogP contribution in [0.25, 0.3) is 0 Å². The Labute approximate surface area is 182 Å². The summed E-state index contributed by atoms with van der Waals surface area (Å²) in [6.45, 7) is 4.39. The van der Waals surface area contributed by atoms with Gasteiger partial charge in [0.2, 0.25) is 0 Å². The second kappa shape index (κ2) is 9.67. The third kappa shape index (κ3) is 5.44. The first-order chi connectivity index (χ1) is 14.4. The van der Waals surface area contributed by atoms with E-state index in [1.54, 1.807) is 0 Å². The van der Waals surface area contributed by atoms with E-state index in [0.29, 0.717) is 24.7 Å². The molecular weight excluding hydrogens is 378 g/mol. The average molecular weight is 419 g/mol. The standard InChI is InChI=1S/C27H40F2O/c1-19-16-20(2)18-24(17-19)23-10-8-21(9-11-23)22-12-14-26(15-13-22)30-27(28,29)25-6-4-3-5-7-25/h16-18,21-23,25-26H,3-15H2,1-2H3. The predicted octanol–water partition coefficient (Wildman–Crippen LogP) is 8.33. The molecule has 0 saturated heterocycles. The zero-order valence-electron chi connectivity index (χ0n) is 19.0. The molecule has 0 heterocycles. The van der Waals surface area contributed by atoms with E-state index in [0.717, 1.165) is 50.9 Å². The van der Waals surface area contributed by atoms with Crippen LogP contribution in [0.15, 0.2) is 18.2 Å². The van der Waals surface area contributed by atoms with E-state index in [2.05, 4.69) is 32.0 Å². The Kier molecular flexibility index (Phi) is 7.17. The molecule has 0 unspecified atom stereocenters. The maximum absolute atomic E-state index is 14.6. The van der Waals surface area contributed by atoms with Gasteiger partial charge in [-0.05, 0) is 101 Å². The first-order valence-corrected chi connectivity index (χ1v) is 12.5. The van der Waals surface area contributed by atoms with Crippen LogP contribution in [0.1, 0.15) is 106 Å². The first kappa shape index (κ1) is 22.2. The molecule has 1 aromatic rings. The molecule has 0 radical (unpaired) electrons. The fraction of sp³-hybridized carbons (Fsp3) is 0.778. The van der Waals surface area contributed by atoms with Crippen molar-refractivity contribution >= 4 is 0 Å². The van der Waals surface area contributed by atoms with Crippen molar-refractivity contribution in [2.24, 2.45) is 17.8 Å². The number of hydrogen-bond acceptors (Lipinski definition) is 1. The van der Waals surface area contributed by atoms with Gasteiger partial charge in [-0.15, -0.1) is 0 Å². The Hall–Kier alpha value is -0.960. The SMILES string of the molecule is Cc1cc(C)cc(C2CCC(C3CCC(OC(F)(F)C4CCCCC4)CC3)CC2)c1. The molecule has 3 aliphatic carbocycles. The van der Waals surface area contributed by atoms with Gasteiger partial charge in [-0.1, -0.05) is 48.6 Å². The lowest BCUT2D eigenvalue weighted by molar-refractivity contribution is -0.301. The second-order valence-corrected chi connectivity index (χ2v) is 10.6. The Balaban J connectivity index is 1.23. The summed E-state index contributed by atoms with van der Waals surface area (Å²) in [4.78, 5) is 0. The van der Waals surface area contributed by atoms with E-state index in [1.807, 2.05) is 0 Å². The van der Waals surface area contributed by atoms with Gasteiger partial charge in [-0.25, -0.2) is 0 Å². The van der Waals surface area contributed by atoms with Gasteiger partial charge in [-0.2, -0.15) is 8.78 Å². The topological polar surface area (TPSA) is 9.23 Å². The van der Waals surface area contributed by atoms with E-state index < -0.39 is 12.0 Å². The molecule has 1 nitrogen and oxygen atoms in total. The van der Waals surface area contributed by atoms with E-state index in [-0.39, 0.29) is 6.10 Å². The predicted molar refractivity (Wildman–Crippen MR) is 119 cm³/mol. The Morgan fingerprint density at radius 3 is 1.80 bits per heavy atom. The van der Waals surface area contributed by atoms with Crippen molar-refractivity contribution in [2.45, 2.75) is 115 Å². The molecule has 0 bridgehead atoms. The lowest BCUT2D eigenvalue weighted by Crippen LogP contribution is -2.38. The molecule has 0 aromatic heterocycles. The Morgan fingerprint density at radius 1 is 0.700 bits per heavy atom. The van der Waals surface area contributed by atoms with Crippen LogP contribution in [0.5, 0.6) is 0 Å². The Morgan fingerprint density at radius 2 is 1.23 bits per heavy atom. The highest BCUT2D eigenvalue weighted by atomic mass is 19.3. The number of rotatable bonds is 5. The largest absolute Gasteiger partial charge is 0.358 e. The highest BCUT2D eigenvalue weighted by Crippen LogP contribution is 2.45. The fourth-order valence-corrected chi connectivity index (χ4v) is 6.60. The number of benzene rings is 1. The number of ether oxygens (including phenoxy) is 1. The summed E-state index contributed by atoms with van der Waals surface area (Å²) in [5.74, 6) is 1.65. The van der Waals surface area contributed by atoms with Crippen LogP contribution in [0.3, 0.4) is 0 Å². The molecule has 3 saturated carbocycles. The second-order valence-electron chi connectivity index (χ2n) is 10.6. The molecule has 0 atom stereocenters. The summed E-state index contributed by atoms with van der Waals surface area (Å²) in [5, 5.41) is 0. The highest BCUT2D eigenvalue weighted by Gasteiger charge is 2.44. The normalized spacial score (nSPS) is 31.6. The van der Waals surface area contributed by atoms with Crippen molar-refractivity contribution in [3.63, 3.8) is 0 Å². The third-order valence-electron chi connectivity index (χ3n) is 8.28. The van der Waals surface area contributed by atoms with Gasteiger partial charge in [0.15, 0.2) is 0 Å². The minimum atomic E-state index is -2.91. The van der Waals surface area contributed by atoms with Crippen molar-refractivity contribution in [3.05, 3.63) is 34.9 Å². The van der Waals surface area contributed by atoms with Crippen LogP contribution < -0.4 is 0 Å². The van der Waals surface area contributed by atoms with Crippen LogP contribution in [0, 0.1) is 31.6 Å². The summed E-state index contributed by atoms with van der Waals surface area (Å²) in [6, 6.07) is 6.99. The van der Waals surface area contributed by atoms with Crippen LogP contribution in [0.4, 0.5) is 8.78 Å². The Bertz CT molecular complexity index is 658. The summed E-state index contributed by atoms with van der Waals surface area (Å²) < 4.78 is 34.6. The number of aryl methyl sites for hydroxylation is 2. The average Bonchev–Trinajstić information content (AvgIpc) is 2.74. The number of alkyl halides is 2. The van der Waals surface area contributed by atoms with Crippen LogP contribution in [-0.2, 0) is 4.74 Å². The summed E-state index contributed by atoms with van der Waals surface area (Å²) >= 11 is 0. The monoisotopic (exact) mass is 418 g/mol. The molecule has 0 aliphatic heterocycles. The molecule has 3 aliphatic rings. The smallest absolute Gasteiger partial charge is 0.317 e. The summed E-state index contributed by atoms with van der Waals surface area (Å²) in [7, 11) is 0. The molecule has 0 amide bonds. The van der Waals surface area contributed by atoms with Crippen LogP contribution in [-0.4, -0.2) is 12.2 Å². The molecule has 30 heavy (non-hydrogen) atoms. The zero-order valence-corrected chi connectivity index (χ0v) is 19.0. The van der Waals surface area contributed by atoms with E-state index >= 15 is 0 Å². The highest BCUT2D eigenvalue weighted by molar-refractivity contribution is 5.31. The minimum Gasteiger partial charge on any atom is -0.317 e. The van der Waals surface area contributed by atoms with Crippen molar-refractivity contribution < 1.29 is 13.5 Å². The van der Waals surface area contributed by atoms with E-state index in [4.69, 9.17) is 4.74 Å². The van der Waals surface area contributed by atoms with Gasteiger partial charge < -0.3 is 4.74 Å². The fourth-order valence-electron chi connectivity index (χ4n) is 6.60. The molecule has 168 valence electrons. The first-order valence-electron chi connectivity index (χ1n) is 12.5. The maximum atomic E-state index is 14.6. The van der Waals surface area contributed by atoms with Gasteiger partial charge in [0.1, 0.15) is 0 Å². The van der Waals surface area contributed by atoms with Gasteiger partial charge in [-0.3, -0.25) is 0 Å². The van der Waals surface area contributed by atoms with E-state index in [1.165, 1.54) is 42.4 Å². The lowest BCUT2D eigenvalue weighted by Gasteiger charge is -2.39. The molecule has 3 heteroatoms. The molecule has 3 fully saturated rings. The molecule has 4 rings (SSSR count). The number of halogens is 2. The minimum absolute atomic E-state index is 0.232. The quantitative estimate of drug-likeness (QED) is 0.467. The third-order valence-corrected chi connectivity index (χ3v) is 8.28. The molecular formula is C27H40F2O. The molecule has 0 N–H and O–H groups in total. The molecule has 1 aromatic carbocycles. The maximum Gasteiger partial charge on any atom is 0.358 e. The lowest BCUT2D eigenvalue weighted by atomic mass is 9.69. The zero-order chi connectivity index (χ0) is 21.1. The van der Waals surface area contributed by atoms with Crippen molar-refractivity contribution in [1.82, 2.24) is 0 Å². The van der Waals surface area contributed by atoms with Gasteiger partial charge in [0.05, 0.1) is 12.0 Å². The van der Waals surface area contributed by atoms with Gasteiger partial charge >= 0.3 is 6.11 Å². The van der Waals surface area contributed by atoms with Gasteiger partial charge in [0, 0.05) is 0 Å². The van der Waals surface area contributed by atoms with Gasteiger partial charge in [0.25, 0.3) is 0 Å². The summed E-state index contributed by atoms with van der Waals surface area (Å²) in [5.41, 5.74) is 4.26.